The molecule has 1 N–H and O–H groups in total. The van der Waals surface area contributed by atoms with E-state index in [1.807, 2.05) is 0 Å². The molecule has 19 heavy (non-hydrogen) atoms. The van der Waals surface area contributed by atoms with Crippen LogP contribution in [0.1, 0.15) is 18.9 Å². The zero-order valence-corrected chi connectivity index (χ0v) is 11.8. The molecule has 106 valence electrons. The fourth-order valence-corrected chi connectivity index (χ4v) is 2.10. The zero-order valence-electron chi connectivity index (χ0n) is 10.2. The van der Waals surface area contributed by atoms with E-state index in [4.69, 9.17) is 10.7 Å². The molecule has 1 fully saturated rings. The van der Waals surface area contributed by atoms with Crippen LogP contribution in [0.15, 0.2) is 4.79 Å². The average Bonchev–Trinajstić information content (AvgIpc) is 2.99. The van der Waals surface area contributed by atoms with Crippen molar-refractivity contribution in [1.29, 1.82) is 0 Å². The van der Waals surface area contributed by atoms with Crippen molar-refractivity contribution < 1.29 is 13.2 Å². The third-order valence-electron chi connectivity index (χ3n) is 2.51. The van der Waals surface area contributed by atoms with Crippen LogP contribution in [-0.4, -0.2) is 42.9 Å². The Morgan fingerprint density at radius 3 is 2.47 bits per heavy atom. The summed E-state index contributed by atoms with van der Waals surface area (Å²) in [7, 11) is 3.96. The molecule has 1 amide bonds. The van der Waals surface area contributed by atoms with Gasteiger partial charge in [0.1, 0.15) is 0 Å². The van der Waals surface area contributed by atoms with Gasteiger partial charge in [0.2, 0.25) is 5.95 Å². The standard InChI is InChI=1S/C8H12ClN5O4S/c1-12(2)6-10-14(7(15)11-19(9,17)18)8(16)13(6)5-3-4-5/h5H,3-4H2,1-2H3,(H,11,15). The van der Waals surface area contributed by atoms with Crippen LogP contribution >= 0.6 is 10.7 Å². The number of hydrogen-bond acceptors (Lipinski definition) is 6. The molecular formula is C8H12ClN5O4S. The van der Waals surface area contributed by atoms with Crippen LogP contribution in [0.25, 0.3) is 0 Å². The number of nitrogens with one attached hydrogen (secondary N) is 1. The van der Waals surface area contributed by atoms with Gasteiger partial charge in [-0.25, -0.2) is 14.3 Å². The van der Waals surface area contributed by atoms with E-state index in [9.17, 15) is 18.0 Å². The van der Waals surface area contributed by atoms with Gasteiger partial charge >= 0.3 is 21.0 Å². The van der Waals surface area contributed by atoms with E-state index in [-0.39, 0.29) is 12.0 Å². The largest absolute Gasteiger partial charge is 0.361 e. The first kappa shape index (κ1) is 13.9. The lowest BCUT2D eigenvalue weighted by atomic mass is 10.6. The Balaban J connectivity index is 2.45. The summed E-state index contributed by atoms with van der Waals surface area (Å²) in [5.41, 5.74) is -0.691. The Kier molecular flexibility index (Phi) is 3.31. The molecule has 0 aliphatic heterocycles. The number of amides is 1. The molecule has 0 atom stereocenters. The average molecular weight is 310 g/mol. The van der Waals surface area contributed by atoms with E-state index in [1.54, 1.807) is 19.0 Å². The molecule has 0 bridgehead atoms. The van der Waals surface area contributed by atoms with Crippen molar-refractivity contribution in [2.24, 2.45) is 0 Å². The van der Waals surface area contributed by atoms with E-state index in [0.717, 1.165) is 12.8 Å². The highest BCUT2D eigenvalue weighted by molar-refractivity contribution is 8.12. The monoisotopic (exact) mass is 309 g/mol. The van der Waals surface area contributed by atoms with E-state index in [0.29, 0.717) is 4.68 Å². The van der Waals surface area contributed by atoms with Gasteiger partial charge in [0.05, 0.1) is 0 Å². The molecule has 2 rings (SSSR count). The fraction of sp³-hybridized carbons (Fsp3) is 0.625. The minimum atomic E-state index is -4.27. The Morgan fingerprint density at radius 1 is 1.47 bits per heavy atom. The second kappa shape index (κ2) is 4.53. The first-order chi connectivity index (χ1) is 8.70. The predicted octanol–water partition coefficient (Wildman–Crippen LogP) is -0.513. The highest BCUT2D eigenvalue weighted by atomic mass is 35.7. The maximum Gasteiger partial charge on any atom is 0.361 e. The van der Waals surface area contributed by atoms with Gasteiger partial charge in [-0.2, -0.15) is 8.42 Å². The molecular weight excluding hydrogens is 298 g/mol. The summed E-state index contributed by atoms with van der Waals surface area (Å²) in [4.78, 5) is 25.2. The van der Waals surface area contributed by atoms with Gasteiger partial charge in [0.15, 0.2) is 0 Å². The zero-order chi connectivity index (χ0) is 14.4. The maximum absolute atomic E-state index is 12.0. The second-order valence-electron chi connectivity index (χ2n) is 4.34. The summed E-state index contributed by atoms with van der Waals surface area (Å²) in [5.74, 6) is 0.287. The van der Waals surface area contributed by atoms with E-state index in [1.165, 1.54) is 9.29 Å². The lowest BCUT2D eigenvalue weighted by Crippen LogP contribution is -2.38. The number of halogens is 1. The van der Waals surface area contributed by atoms with Gasteiger partial charge in [-0.05, 0) is 12.8 Å². The van der Waals surface area contributed by atoms with Gasteiger partial charge in [0, 0.05) is 30.8 Å². The number of carbonyl (C=O) groups is 1. The number of anilines is 1. The van der Waals surface area contributed by atoms with Crippen LogP contribution < -0.4 is 15.3 Å². The normalized spacial score (nSPS) is 15.3. The van der Waals surface area contributed by atoms with Crippen LogP contribution in [0, 0.1) is 0 Å². The molecule has 1 aliphatic carbocycles. The Labute approximate surface area is 113 Å². The minimum Gasteiger partial charge on any atom is -0.347 e. The van der Waals surface area contributed by atoms with E-state index < -0.39 is 21.0 Å². The molecule has 0 saturated heterocycles. The van der Waals surface area contributed by atoms with Crippen molar-refractivity contribution in [3.05, 3.63) is 10.5 Å². The molecule has 0 radical (unpaired) electrons. The summed E-state index contributed by atoms with van der Waals surface area (Å²) in [5, 5.41) is 3.81. The number of aromatic nitrogens is 3. The SMILES string of the molecule is CN(C)c1nn(C(=O)NS(=O)(=O)Cl)c(=O)n1C1CC1. The van der Waals surface area contributed by atoms with Gasteiger partial charge < -0.3 is 4.90 Å². The van der Waals surface area contributed by atoms with Crippen LogP contribution in [0.2, 0.25) is 0 Å². The highest BCUT2D eigenvalue weighted by Crippen LogP contribution is 2.35. The first-order valence-electron chi connectivity index (χ1n) is 5.36. The van der Waals surface area contributed by atoms with Crippen molar-refractivity contribution in [2.45, 2.75) is 18.9 Å². The van der Waals surface area contributed by atoms with Gasteiger partial charge in [-0.15, -0.1) is 9.78 Å². The molecule has 0 aromatic carbocycles. The first-order valence-corrected chi connectivity index (χ1v) is 7.67. The molecule has 1 saturated carbocycles. The molecule has 0 unspecified atom stereocenters. The summed E-state index contributed by atoms with van der Waals surface area (Å²) in [6.07, 6.45) is 1.64. The molecule has 11 heteroatoms. The maximum atomic E-state index is 12.0. The summed E-state index contributed by atoms with van der Waals surface area (Å²) in [6, 6.07) is -1.21. The van der Waals surface area contributed by atoms with Crippen LogP contribution in [0.4, 0.5) is 10.7 Å². The van der Waals surface area contributed by atoms with Crippen molar-refractivity contribution >= 4 is 31.9 Å². The summed E-state index contributed by atoms with van der Waals surface area (Å²) < 4.78 is 24.8. The van der Waals surface area contributed by atoms with Gasteiger partial charge in [-0.1, -0.05) is 0 Å². The van der Waals surface area contributed by atoms with Crippen LogP contribution in [-0.2, 0) is 9.24 Å². The molecule has 9 nitrogen and oxygen atoms in total. The summed E-state index contributed by atoms with van der Waals surface area (Å²) >= 11 is 0. The van der Waals surface area contributed by atoms with E-state index >= 15 is 0 Å². The second-order valence-corrected chi connectivity index (χ2v) is 6.63. The smallest absolute Gasteiger partial charge is 0.347 e. The molecule has 1 aromatic rings. The Hall–Kier alpha value is -1.55. The van der Waals surface area contributed by atoms with Crippen molar-refractivity contribution in [3.63, 3.8) is 0 Å². The number of carbonyl (C=O) groups excluding carboxylic acids is 1. The third kappa shape index (κ3) is 2.89. The van der Waals surface area contributed by atoms with Gasteiger partial charge in [0.25, 0.3) is 0 Å². The van der Waals surface area contributed by atoms with Gasteiger partial charge in [-0.3, -0.25) is 4.57 Å². The fourth-order valence-electron chi connectivity index (χ4n) is 1.60. The number of rotatable bonds is 3. The highest BCUT2D eigenvalue weighted by Gasteiger charge is 2.32. The predicted molar refractivity (Wildman–Crippen MR) is 67.8 cm³/mol. The van der Waals surface area contributed by atoms with Crippen molar-refractivity contribution in [3.8, 4) is 0 Å². The Morgan fingerprint density at radius 2 is 2.05 bits per heavy atom. The summed E-state index contributed by atoms with van der Waals surface area (Å²) in [6.45, 7) is 0. The molecule has 1 heterocycles. The molecule has 1 aromatic heterocycles. The molecule has 1 aliphatic rings. The van der Waals surface area contributed by atoms with Crippen molar-refractivity contribution in [2.75, 3.05) is 19.0 Å². The van der Waals surface area contributed by atoms with Crippen molar-refractivity contribution in [1.82, 2.24) is 19.1 Å². The lowest BCUT2D eigenvalue weighted by molar-refractivity contribution is 0.243. The molecule has 0 spiro atoms. The third-order valence-corrected chi connectivity index (χ3v) is 3.16. The van der Waals surface area contributed by atoms with Crippen LogP contribution in [0.5, 0.6) is 0 Å². The topological polar surface area (TPSA) is 106 Å². The Bertz CT molecular complexity index is 672. The number of hydrogen-bond donors (Lipinski definition) is 1. The minimum absolute atomic E-state index is 0.000872. The van der Waals surface area contributed by atoms with E-state index in [2.05, 4.69) is 5.10 Å². The quantitative estimate of drug-likeness (QED) is 0.754. The van der Waals surface area contributed by atoms with Crippen LogP contribution in [0.3, 0.4) is 0 Å². The lowest BCUT2D eigenvalue weighted by Gasteiger charge is -2.10. The number of nitrogens with zero attached hydrogens (tertiary/aromatic N) is 4.